The van der Waals surface area contributed by atoms with Gasteiger partial charge in [0.1, 0.15) is 22.9 Å². The van der Waals surface area contributed by atoms with Gasteiger partial charge in [0.05, 0.1) is 18.6 Å². The number of ether oxygens (including phenoxy) is 1. The predicted molar refractivity (Wildman–Crippen MR) is 140 cm³/mol. The van der Waals surface area contributed by atoms with Crippen molar-refractivity contribution in [1.29, 1.82) is 0 Å². The van der Waals surface area contributed by atoms with E-state index in [9.17, 15) is 4.79 Å². The van der Waals surface area contributed by atoms with Crippen LogP contribution >= 0.6 is 23.5 Å². The molecule has 178 valence electrons. The molecule has 0 bridgehead atoms. The molecule has 34 heavy (non-hydrogen) atoms. The molecule has 1 fully saturated rings. The van der Waals surface area contributed by atoms with Crippen LogP contribution in [0.15, 0.2) is 70.8 Å². The molecule has 0 atom stereocenters. The molecule has 0 saturated carbocycles. The lowest BCUT2D eigenvalue weighted by Gasteiger charge is -2.37. The highest BCUT2D eigenvalue weighted by Crippen LogP contribution is 2.29. The summed E-state index contributed by atoms with van der Waals surface area (Å²) in [4.78, 5) is 26.9. The van der Waals surface area contributed by atoms with Crippen molar-refractivity contribution >= 4 is 40.9 Å². The van der Waals surface area contributed by atoms with E-state index in [-0.39, 0.29) is 5.91 Å². The van der Waals surface area contributed by atoms with Crippen molar-refractivity contribution in [1.82, 2.24) is 15.3 Å². The van der Waals surface area contributed by atoms with Gasteiger partial charge in [0, 0.05) is 43.7 Å². The summed E-state index contributed by atoms with van der Waals surface area (Å²) in [6.07, 6.45) is 3.63. The van der Waals surface area contributed by atoms with Gasteiger partial charge in [0.15, 0.2) is 0 Å². The van der Waals surface area contributed by atoms with Gasteiger partial charge in [-0.05, 0) is 36.1 Å². The number of hydrogen-bond acceptors (Lipinski definition) is 8. The molecule has 1 N–H and O–H groups in total. The summed E-state index contributed by atoms with van der Waals surface area (Å²) in [7, 11) is 1.71. The van der Waals surface area contributed by atoms with Crippen LogP contribution in [-0.2, 0) is 11.3 Å². The van der Waals surface area contributed by atoms with Gasteiger partial charge >= 0.3 is 0 Å². The van der Waals surface area contributed by atoms with Crippen LogP contribution in [0, 0.1) is 0 Å². The SMILES string of the molecule is COc1ccccc1N1CCN(c2cc(SCC(=O)NCc3ccc(SC)cc3)ncn2)CC1. The molecular formula is C25H29N5O2S2. The first-order chi connectivity index (χ1) is 16.7. The van der Waals surface area contributed by atoms with Gasteiger partial charge in [0.2, 0.25) is 5.91 Å². The van der Waals surface area contributed by atoms with Crippen LogP contribution in [0.1, 0.15) is 5.56 Å². The van der Waals surface area contributed by atoms with Gasteiger partial charge < -0.3 is 19.9 Å². The van der Waals surface area contributed by atoms with Crippen molar-refractivity contribution in [3.8, 4) is 5.75 Å². The van der Waals surface area contributed by atoms with Crippen molar-refractivity contribution in [3.05, 3.63) is 66.5 Å². The zero-order chi connectivity index (χ0) is 23.8. The second-order valence-electron chi connectivity index (χ2n) is 7.77. The zero-order valence-electron chi connectivity index (χ0n) is 19.4. The number of benzene rings is 2. The molecule has 9 heteroatoms. The molecule has 4 rings (SSSR count). The molecule has 1 aliphatic rings. The number of amides is 1. The van der Waals surface area contributed by atoms with Crippen LogP contribution in [0.5, 0.6) is 5.75 Å². The Kier molecular flexibility index (Phi) is 8.54. The molecule has 0 spiro atoms. The monoisotopic (exact) mass is 495 g/mol. The van der Waals surface area contributed by atoms with Gasteiger partial charge in [-0.15, -0.1) is 11.8 Å². The lowest BCUT2D eigenvalue weighted by molar-refractivity contribution is -0.118. The lowest BCUT2D eigenvalue weighted by Crippen LogP contribution is -2.47. The van der Waals surface area contributed by atoms with E-state index in [2.05, 4.69) is 49.5 Å². The first kappa shape index (κ1) is 24.2. The van der Waals surface area contributed by atoms with Gasteiger partial charge in [-0.2, -0.15) is 0 Å². The Balaban J connectivity index is 1.26. The number of nitrogens with zero attached hydrogens (tertiary/aromatic N) is 4. The third-order valence-electron chi connectivity index (χ3n) is 5.66. The topological polar surface area (TPSA) is 70.6 Å². The zero-order valence-corrected chi connectivity index (χ0v) is 21.1. The van der Waals surface area contributed by atoms with E-state index in [0.717, 1.165) is 54.0 Å². The summed E-state index contributed by atoms with van der Waals surface area (Å²) in [6.45, 7) is 4.00. The van der Waals surface area contributed by atoms with Crippen molar-refractivity contribution in [2.24, 2.45) is 0 Å². The highest BCUT2D eigenvalue weighted by atomic mass is 32.2. The fourth-order valence-electron chi connectivity index (χ4n) is 3.78. The molecule has 1 aromatic heterocycles. The summed E-state index contributed by atoms with van der Waals surface area (Å²) in [6, 6.07) is 18.3. The minimum absolute atomic E-state index is 0.00970. The van der Waals surface area contributed by atoms with E-state index in [1.54, 1.807) is 25.2 Å². The average molecular weight is 496 g/mol. The number of rotatable bonds is 9. The molecule has 2 heterocycles. The van der Waals surface area contributed by atoms with Crippen molar-refractivity contribution < 1.29 is 9.53 Å². The number of piperazine rings is 1. The number of nitrogens with one attached hydrogen (secondary N) is 1. The molecule has 1 saturated heterocycles. The van der Waals surface area contributed by atoms with Gasteiger partial charge in [0.25, 0.3) is 0 Å². The quantitative estimate of drug-likeness (QED) is 0.354. The van der Waals surface area contributed by atoms with Gasteiger partial charge in [-0.1, -0.05) is 36.0 Å². The fourth-order valence-corrected chi connectivity index (χ4v) is 4.88. The number of anilines is 2. The Morgan fingerprint density at radius 3 is 2.50 bits per heavy atom. The van der Waals surface area contributed by atoms with Crippen molar-refractivity contribution in [3.63, 3.8) is 0 Å². The van der Waals surface area contributed by atoms with Crippen LogP contribution in [0.25, 0.3) is 0 Å². The Labute approximate surface area is 209 Å². The maximum absolute atomic E-state index is 12.3. The fraction of sp³-hybridized carbons (Fsp3) is 0.320. The number of thioether (sulfide) groups is 2. The van der Waals surface area contributed by atoms with E-state index in [4.69, 9.17) is 4.74 Å². The maximum Gasteiger partial charge on any atom is 0.230 e. The van der Waals surface area contributed by atoms with Crippen molar-refractivity contribution in [2.45, 2.75) is 16.5 Å². The minimum atomic E-state index is -0.00970. The Bertz CT molecular complexity index is 1090. The Morgan fingerprint density at radius 2 is 1.76 bits per heavy atom. The van der Waals surface area contributed by atoms with Gasteiger partial charge in [-0.3, -0.25) is 4.79 Å². The molecule has 1 aliphatic heterocycles. The van der Waals surface area contributed by atoms with Crippen molar-refractivity contribution in [2.75, 3.05) is 55.1 Å². The molecule has 0 radical (unpaired) electrons. The summed E-state index contributed by atoms with van der Waals surface area (Å²) in [5, 5.41) is 3.78. The predicted octanol–water partition coefficient (Wildman–Crippen LogP) is 3.94. The Hall–Kier alpha value is -2.91. The summed E-state index contributed by atoms with van der Waals surface area (Å²) < 4.78 is 5.51. The first-order valence-corrected chi connectivity index (χ1v) is 13.3. The molecule has 3 aromatic rings. The summed E-state index contributed by atoms with van der Waals surface area (Å²) in [5.74, 6) is 2.10. The highest BCUT2D eigenvalue weighted by Gasteiger charge is 2.21. The van der Waals surface area contributed by atoms with E-state index < -0.39 is 0 Å². The molecule has 1 amide bonds. The number of carbonyl (C=O) groups is 1. The van der Waals surface area contributed by atoms with E-state index in [1.807, 2.05) is 36.4 Å². The normalized spacial score (nSPS) is 13.6. The highest BCUT2D eigenvalue weighted by molar-refractivity contribution is 7.99. The molecule has 0 unspecified atom stereocenters. The van der Waals surface area contributed by atoms with Crippen LogP contribution in [0.3, 0.4) is 0 Å². The minimum Gasteiger partial charge on any atom is -0.495 e. The lowest BCUT2D eigenvalue weighted by atomic mass is 10.2. The van der Waals surface area contributed by atoms with E-state index >= 15 is 0 Å². The van der Waals surface area contributed by atoms with E-state index in [1.165, 1.54) is 16.7 Å². The van der Waals surface area contributed by atoms with Crippen LogP contribution in [-0.4, -0.2) is 61.2 Å². The van der Waals surface area contributed by atoms with Crippen LogP contribution < -0.4 is 19.9 Å². The molecule has 0 aliphatic carbocycles. The number of aromatic nitrogens is 2. The Morgan fingerprint density at radius 1 is 1.03 bits per heavy atom. The third-order valence-corrected chi connectivity index (χ3v) is 7.33. The third kappa shape index (κ3) is 6.36. The molecule has 7 nitrogen and oxygen atoms in total. The molecule has 2 aromatic carbocycles. The summed E-state index contributed by atoms with van der Waals surface area (Å²) in [5.41, 5.74) is 2.21. The second-order valence-corrected chi connectivity index (χ2v) is 9.65. The largest absolute Gasteiger partial charge is 0.495 e. The van der Waals surface area contributed by atoms with Gasteiger partial charge in [-0.25, -0.2) is 9.97 Å². The smallest absolute Gasteiger partial charge is 0.230 e. The van der Waals surface area contributed by atoms with E-state index in [0.29, 0.717) is 12.3 Å². The second kappa shape index (κ2) is 12.0. The standard InChI is InChI=1S/C25H29N5O2S2/c1-32-22-6-4-3-5-21(22)29-11-13-30(14-12-29)23-15-25(28-18-27-23)34-17-24(31)26-16-19-7-9-20(33-2)10-8-19/h3-10,15,18H,11-14,16-17H2,1-2H3,(H,26,31). The number of carbonyl (C=O) groups excluding carboxylic acids is 1. The van der Waals surface area contributed by atoms with Crippen LogP contribution in [0.2, 0.25) is 0 Å². The first-order valence-electron chi connectivity index (χ1n) is 11.1. The summed E-state index contributed by atoms with van der Waals surface area (Å²) >= 11 is 3.14. The van der Waals surface area contributed by atoms with Crippen LogP contribution in [0.4, 0.5) is 11.5 Å². The number of methoxy groups -OCH3 is 1. The number of para-hydroxylation sites is 2. The average Bonchev–Trinajstić information content (AvgIpc) is 2.91. The maximum atomic E-state index is 12.3. The molecular weight excluding hydrogens is 466 g/mol. The number of hydrogen-bond donors (Lipinski definition) is 1.